The molecule has 5 heteroatoms. The lowest BCUT2D eigenvalue weighted by Crippen LogP contribution is -2.31. The number of carbonyl (C=O) groups excluding carboxylic acids is 1. The second kappa shape index (κ2) is 4.64. The number of aromatic nitrogens is 1. The van der Waals surface area contributed by atoms with Gasteiger partial charge in [-0.3, -0.25) is 4.79 Å². The molecule has 1 unspecified atom stereocenters. The molecule has 112 valence electrons. The van der Waals surface area contributed by atoms with Crippen LogP contribution in [0, 0.1) is 5.41 Å². The first-order valence-corrected chi connectivity index (χ1v) is 8.98. The lowest BCUT2D eigenvalue weighted by molar-refractivity contribution is -0.119. The minimum absolute atomic E-state index is 0.00662. The minimum atomic E-state index is -0.391. The number of nitrogens with one attached hydrogen (secondary N) is 1. The van der Waals surface area contributed by atoms with Crippen molar-refractivity contribution in [3.63, 3.8) is 0 Å². The number of fused-ring (bicyclic) bond motifs is 1. The van der Waals surface area contributed by atoms with E-state index in [-0.39, 0.29) is 11.3 Å². The van der Waals surface area contributed by atoms with Crippen molar-refractivity contribution >= 4 is 44.5 Å². The van der Waals surface area contributed by atoms with Crippen LogP contribution in [0.1, 0.15) is 25.1 Å². The highest BCUT2D eigenvalue weighted by Gasteiger charge is 2.67. The standard InChI is InChI=1S/C17H16N2OS2/c1-16(2)9-17(16,14-4-3-7-21-14)15(20)19-11-5-6-13-12(8-11)18-10-22-13/h3-8,10H,9H2,1-2H3,(H,19,20). The smallest absolute Gasteiger partial charge is 0.236 e. The highest BCUT2D eigenvalue weighted by atomic mass is 32.1. The number of thiazole rings is 1. The molecular weight excluding hydrogens is 312 g/mol. The normalized spacial score (nSPS) is 22.6. The van der Waals surface area contributed by atoms with Gasteiger partial charge >= 0.3 is 0 Å². The highest BCUT2D eigenvalue weighted by molar-refractivity contribution is 7.16. The average molecular weight is 328 g/mol. The van der Waals surface area contributed by atoms with Gasteiger partial charge in [0.1, 0.15) is 0 Å². The zero-order valence-corrected chi connectivity index (χ0v) is 14.1. The van der Waals surface area contributed by atoms with E-state index in [0.29, 0.717) is 0 Å². The van der Waals surface area contributed by atoms with Gasteiger partial charge in [-0.05, 0) is 41.5 Å². The van der Waals surface area contributed by atoms with Crippen molar-refractivity contribution in [3.8, 4) is 0 Å². The van der Waals surface area contributed by atoms with Crippen LogP contribution >= 0.6 is 22.7 Å². The van der Waals surface area contributed by atoms with E-state index in [1.807, 2.05) is 35.2 Å². The Kier molecular flexibility index (Phi) is 2.93. The quantitative estimate of drug-likeness (QED) is 0.759. The van der Waals surface area contributed by atoms with Crippen molar-refractivity contribution in [3.05, 3.63) is 46.1 Å². The molecule has 0 spiro atoms. The summed E-state index contributed by atoms with van der Waals surface area (Å²) >= 11 is 3.27. The maximum Gasteiger partial charge on any atom is 0.236 e. The second-order valence-corrected chi connectivity index (χ2v) is 8.27. The molecule has 0 saturated heterocycles. The summed E-state index contributed by atoms with van der Waals surface area (Å²) in [6.07, 6.45) is 0.894. The van der Waals surface area contributed by atoms with Crippen molar-refractivity contribution in [2.75, 3.05) is 5.32 Å². The third kappa shape index (κ3) is 1.92. The van der Waals surface area contributed by atoms with Gasteiger partial charge in [0.15, 0.2) is 0 Å². The van der Waals surface area contributed by atoms with Gasteiger partial charge in [-0.2, -0.15) is 0 Å². The van der Waals surface area contributed by atoms with E-state index in [4.69, 9.17) is 0 Å². The predicted molar refractivity (Wildman–Crippen MR) is 92.6 cm³/mol. The summed E-state index contributed by atoms with van der Waals surface area (Å²) in [5.74, 6) is 0.0922. The van der Waals surface area contributed by atoms with Gasteiger partial charge in [-0.25, -0.2) is 4.98 Å². The van der Waals surface area contributed by atoms with Crippen LogP contribution in [0.5, 0.6) is 0 Å². The van der Waals surface area contributed by atoms with E-state index in [1.54, 1.807) is 22.7 Å². The van der Waals surface area contributed by atoms with Gasteiger partial charge in [0.2, 0.25) is 5.91 Å². The van der Waals surface area contributed by atoms with E-state index in [9.17, 15) is 4.79 Å². The molecule has 1 atom stereocenters. The van der Waals surface area contributed by atoms with Gasteiger partial charge in [0, 0.05) is 10.6 Å². The molecule has 1 aliphatic rings. The molecule has 1 amide bonds. The highest BCUT2D eigenvalue weighted by Crippen LogP contribution is 2.65. The van der Waals surface area contributed by atoms with E-state index in [1.165, 1.54) is 0 Å². The van der Waals surface area contributed by atoms with E-state index >= 15 is 0 Å². The van der Waals surface area contributed by atoms with Crippen LogP contribution in [-0.2, 0) is 10.2 Å². The summed E-state index contributed by atoms with van der Waals surface area (Å²) in [7, 11) is 0. The van der Waals surface area contributed by atoms with E-state index in [2.05, 4.69) is 30.2 Å². The van der Waals surface area contributed by atoms with E-state index < -0.39 is 5.41 Å². The predicted octanol–water partition coefficient (Wildman–Crippen LogP) is 4.66. The Morgan fingerprint density at radius 1 is 1.27 bits per heavy atom. The number of carbonyl (C=O) groups is 1. The Labute approximate surface area is 137 Å². The molecule has 22 heavy (non-hydrogen) atoms. The van der Waals surface area contributed by atoms with Gasteiger partial charge in [-0.15, -0.1) is 22.7 Å². The molecule has 2 heterocycles. The van der Waals surface area contributed by atoms with Crippen molar-refractivity contribution < 1.29 is 4.79 Å². The van der Waals surface area contributed by atoms with Crippen LogP contribution in [0.2, 0.25) is 0 Å². The Balaban J connectivity index is 1.66. The molecule has 1 aliphatic carbocycles. The largest absolute Gasteiger partial charge is 0.325 e. The SMILES string of the molecule is CC1(C)CC1(C(=O)Nc1ccc2scnc2c1)c1cccs1. The molecule has 4 rings (SSSR count). The molecule has 2 aromatic heterocycles. The number of rotatable bonds is 3. The van der Waals surface area contributed by atoms with Crippen molar-refractivity contribution in [1.82, 2.24) is 4.98 Å². The lowest BCUT2D eigenvalue weighted by Gasteiger charge is -2.19. The van der Waals surface area contributed by atoms with Crippen LogP contribution in [0.4, 0.5) is 5.69 Å². The monoisotopic (exact) mass is 328 g/mol. The molecule has 1 N–H and O–H groups in total. The fourth-order valence-electron chi connectivity index (χ4n) is 3.23. The van der Waals surface area contributed by atoms with Crippen LogP contribution in [0.15, 0.2) is 41.2 Å². The summed E-state index contributed by atoms with van der Waals surface area (Å²) in [4.78, 5) is 18.4. The zero-order chi connectivity index (χ0) is 15.4. The number of benzene rings is 1. The third-order valence-electron chi connectivity index (χ3n) is 4.66. The second-order valence-electron chi connectivity index (χ2n) is 6.43. The number of hydrogen-bond donors (Lipinski definition) is 1. The molecule has 0 bridgehead atoms. The Bertz CT molecular complexity index is 851. The van der Waals surface area contributed by atoms with Crippen molar-refractivity contribution in [2.45, 2.75) is 25.7 Å². The Hall–Kier alpha value is -1.72. The van der Waals surface area contributed by atoms with Gasteiger partial charge in [0.25, 0.3) is 0 Å². The fourth-order valence-corrected chi connectivity index (χ4v) is 5.00. The van der Waals surface area contributed by atoms with Crippen LogP contribution < -0.4 is 5.32 Å². The Morgan fingerprint density at radius 2 is 2.09 bits per heavy atom. The summed E-state index contributed by atoms with van der Waals surface area (Å²) in [5.41, 5.74) is 3.20. The maximum atomic E-state index is 13.0. The first-order valence-electron chi connectivity index (χ1n) is 7.22. The molecule has 1 fully saturated rings. The van der Waals surface area contributed by atoms with Crippen molar-refractivity contribution in [2.24, 2.45) is 5.41 Å². The fraction of sp³-hybridized carbons (Fsp3) is 0.294. The van der Waals surface area contributed by atoms with Crippen molar-refractivity contribution in [1.29, 1.82) is 0 Å². The van der Waals surface area contributed by atoms with Gasteiger partial charge < -0.3 is 5.32 Å². The maximum absolute atomic E-state index is 13.0. The Morgan fingerprint density at radius 3 is 2.77 bits per heavy atom. The van der Waals surface area contributed by atoms with Gasteiger partial charge in [0.05, 0.1) is 21.1 Å². The van der Waals surface area contributed by atoms with Crippen LogP contribution in [0.25, 0.3) is 10.2 Å². The molecule has 3 aromatic rings. The lowest BCUT2D eigenvalue weighted by atomic mass is 9.93. The molecule has 1 aromatic carbocycles. The topological polar surface area (TPSA) is 42.0 Å². The summed E-state index contributed by atoms with van der Waals surface area (Å²) < 4.78 is 1.14. The zero-order valence-electron chi connectivity index (χ0n) is 12.4. The molecule has 0 radical (unpaired) electrons. The van der Waals surface area contributed by atoms with Gasteiger partial charge in [-0.1, -0.05) is 19.9 Å². The number of hydrogen-bond acceptors (Lipinski definition) is 4. The van der Waals surface area contributed by atoms with E-state index in [0.717, 1.165) is 27.2 Å². The molecule has 1 saturated carbocycles. The molecular formula is C17H16N2OS2. The first-order chi connectivity index (χ1) is 10.5. The summed E-state index contributed by atoms with van der Waals surface area (Å²) in [6, 6.07) is 10.0. The summed E-state index contributed by atoms with van der Waals surface area (Å²) in [5, 5.41) is 5.14. The number of anilines is 1. The number of nitrogens with zero attached hydrogens (tertiary/aromatic N) is 1. The van der Waals surface area contributed by atoms with Crippen LogP contribution in [0.3, 0.4) is 0 Å². The van der Waals surface area contributed by atoms with Crippen LogP contribution in [-0.4, -0.2) is 10.9 Å². The molecule has 0 aliphatic heterocycles. The number of amides is 1. The average Bonchev–Trinajstić information content (AvgIpc) is 2.95. The summed E-state index contributed by atoms with van der Waals surface area (Å²) in [6.45, 7) is 4.33. The minimum Gasteiger partial charge on any atom is -0.325 e. The number of thiophene rings is 1. The third-order valence-corrected chi connectivity index (χ3v) is 6.50. The molecule has 3 nitrogen and oxygen atoms in total. The first kappa shape index (κ1) is 13.9.